The predicted molar refractivity (Wildman–Crippen MR) is 85.3 cm³/mol. The first kappa shape index (κ1) is 18.0. The van der Waals surface area contributed by atoms with E-state index < -0.39 is 17.6 Å². The van der Waals surface area contributed by atoms with Crippen LogP contribution in [0.2, 0.25) is 0 Å². The van der Waals surface area contributed by atoms with E-state index in [-0.39, 0.29) is 6.54 Å². The van der Waals surface area contributed by atoms with E-state index in [0.717, 1.165) is 18.1 Å². The maximum Gasteiger partial charge on any atom is 0.337 e. The van der Waals surface area contributed by atoms with Gasteiger partial charge >= 0.3 is 12.0 Å². The number of carbonyl (C=O) groups excluding carboxylic acids is 1. The highest BCUT2D eigenvalue weighted by molar-refractivity contribution is 5.91. The maximum absolute atomic E-state index is 11.9. The summed E-state index contributed by atoms with van der Waals surface area (Å²) in [5.41, 5.74) is 1.75. The molecule has 0 spiro atoms. The Bertz CT molecular complexity index is 557. The van der Waals surface area contributed by atoms with E-state index >= 15 is 0 Å². The van der Waals surface area contributed by atoms with Gasteiger partial charge in [-0.3, -0.25) is 0 Å². The lowest BCUT2D eigenvalue weighted by atomic mass is 9.97. The van der Waals surface area contributed by atoms with Crippen LogP contribution in [0.25, 0.3) is 0 Å². The number of carbonyl (C=O) groups is 2. The first-order chi connectivity index (χ1) is 10.0. The molecule has 0 aliphatic carbocycles. The zero-order valence-corrected chi connectivity index (χ0v) is 13.7. The molecule has 1 aromatic rings. The van der Waals surface area contributed by atoms with Gasteiger partial charge in [-0.1, -0.05) is 26.0 Å². The number of amides is 2. The topological polar surface area (TPSA) is 98.7 Å². The Hall–Kier alpha value is -2.08. The molecule has 6 heteroatoms. The van der Waals surface area contributed by atoms with Crippen LogP contribution in [0.3, 0.4) is 0 Å². The molecule has 22 heavy (non-hydrogen) atoms. The number of aryl methyl sites for hydroxylation is 2. The minimum Gasteiger partial charge on any atom is -0.479 e. The highest BCUT2D eigenvalue weighted by Crippen LogP contribution is 2.26. The summed E-state index contributed by atoms with van der Waals surface area (Å²) < 4.78 is 0. The number of carboxylic acid groups (broad SMARTS) is 1. The van der Waals surface area contributed by atoms with Crippen molar-refractivity contribution in [2.24, 2.45) is 0 Å². The van der Waals surface area contributed by atoms with Crippen LogP contribution in [0.15, 0.2) is 12.1 Å². The molecule has 0 aliphatic heterocycles. The largest absolute Gasteiger partial charge is 0.479 e. The van der Waals surface area contributed by atoms with Gasteiger partial charge in [-0.25, -0.2) is 9.59 Å². The van der Waals surface area contributed by atoms with Crippen molar-refractivity contribution in [3.8, 4) is 0 Å². The van der Waals surface area contributed by atoms with E-state index in [9.17, 15) is 14.7 Å². The fourth-order valence-corrected chi connectivity index (χ4v) is 2.01. The van der Waals surface area contributed by atoms with Gasteiger partial charge in [0.15, 0.2) is 5.60 Å². The van der Waals surface area contributed by atoms with Crippen LogP contribution in [0.1, 0.15) is 43.4 Å². The van der Waals surface area contributed by atoms with E-state index in [0.29, 0.717) is 11.6 Å². The summed E-state index contributed by atoms with van der Waals surface area (Å²) in [6.07, 6.45) is 0. The molecule has 6 nitrogen and oxygen atoms in total. The molecule has 1 rings (SSSR count). The van der Waals surface area contributed by atoms with Gasteiger partial charge in [-0.15, -0.1) is 0 Å². The fourth-order valence-electron chi connectivity index (χ4n) is 2.01. The van der Waals surface area contributed by atoms with Crippen LogP contribution < -0.4 is 10.6 Å². The average molecular weight is 308 g/mol. The molecule has 122 valence electrons. The third kappa shape index (κ3) is 4.46. The quantitative estimate of drug-likeness (QED) is 0.671. The van der Waals surface area contributed by atoms with Crippen molar-refractivity contribution >= 4 is 17.7 Å². The summed E-state index contributed by atoms with van der Waals surface area (Å²) >= 11 is 0. The van der Waals surface area contributed by atoms with Gasteiger partial charge in [0.2, 0.25) is 0 Å². The number of nitrogens with one attached hydrogen (secondary N) is 2. The van der Waals surface area contributed by atoms with Crippen LogP contribution in [0.4, 0.5) is 10.5 Å². The minimum atomic E-state index is -2.00. The Morgan fingerprint density at radius 3 is 2.14 bits per heavy atom. The fraction of sp³-hybridized carbons (Fsp3) is 0.500. The van der Waals surface area contributed by atoms with Crippen LogP contribution in [0, 0.1) is 13.8 Å². The molecular weight excluding hydrogens is 284 g/mol. The van der Waals surface area contributed by atoms with Crippen molar-refractivity contribution in [3.63, 3.8) is 0 Å². The van der Waals surface area contributed by atoms with Crippen molar-refractivity contribution in [2.45, 2.75) is 46.1 Å². The number of hydrogen-bond donors (Lipinski definition) is 4. The molecule has 1 aromatic carbocycles. The van der Waals surface area contributed by atoms with Crippen LogP contribution in [-0.4, -0.2) is 34.4 Å². The summed E-state index contributed by atoms with van der Waals surface area (Å²) in [6, 6.07) is 3.48. The summed E-state index contributed by atoms with van der Waals surface area (Å²) in [6.45, 7) is 8.76. The predicted octanol–water partition coefficient (Wildman–Crippen LogP) is 2.38. The molecule has 0 saturated carbocycles. The monoisotopic (exact) mass is 308 g/mol. The van der Waals surface area contributed by atoms with E-state index in [1.807, 2.05) is 26.0 Å². The summed E-state index contributed by atoms with van der Waals surface area (Å²) in [4.78, 5) is 22.7. The lowest BCUT2D eigenvalue weighted by molar-refractivity contribution is -0.155. The lowest BCUT2D eigenvalue weighted by Gasteiger charge is -2.20. The zero-order valence-electron chi connectivity index (χ0n) is 13.7. The van der Waals surface area contributed by atoms with Gasteiger partial charge in [-0.2, -0.15) is 0 Å². The van der Waals surface area contributed by atoms with Gasteiger partial charge in [0, 0.05) is 5.69 Å². The molecule has 0 heterocycles. The Labute approximate surface area is 130 Å². The molecule has 0 aliphatic rings. The number of urea groups is 1. The highest BCUT2D eigenvalue weighted by atomic mass is 16.4. The summed E-state index contributed by atoms with van der Waals surface area (Å²) in [5.74, 6) is -0.993. The maximum atomic E-state index is 11.9. The van der Waals surface area contributed by atoms with Gasteiger partial charge in [0.1, 0.15) is 0 Å². The van der Waals surface area contributed by atoms with Crippen molar-refractivity contribution < 1.29 is 19.8 Å². The Morgan fingerprint density at radius 1 is 1.23 bits per heavy atom. The SMILES string of the molecule is Cc1cc(C(C)C)cc(C)c1NC(=O)NCC(C)(O)C(=O)O. The molecule has 0 aromatic heterocycles. The molecule has 1 atom stereocenters. The van der Waals surface area contributed by atoms with Gasteiger partial charge in [0.05, 0.1) is 6.54 Å². The first-order valence-electron chi connectivity index (χ1n) is 7.16. The number of anilines is 1. The van der Waals surface area contributed by atoms with Gasteiger partial charge in [0.25, 0.3) is 0 Å². The van der Waals surface area contributed by atoms with Crippen LogP contribution in [-0.2, 0) is 4.79 Å². The molecule has 1 unspecified atom stereocenters. The van der Waals surface area contributed by atoms with E-state index in [1.165, 1.54) is 5.56 Å². The molecule has 0 radical (unpaired) electrons. The van der Waals surface area contributed by atoms with E-state index in [1.54, 1.807) is 0 Å². The first-order valence-corrected chi connectivity index (χ1v) is 7.16. The van der Waals surface area contributed by atoms with E-state index in [2.05, 4.69) is 24.5 Å². The molecule has 0 bridgehead atoms. The second-order valence-electron chi connectivity index (χ2n) is 6.07. The third-order valence-corrected chi connectivity index (χ3v) is 3.51. The Morgan fingerprint density at radius 2 is 1.73 bits per heavy atom. The molecule has 2 amide bonds. The lowest BCUT2D eigenvalue weighted by Crippen LogP contribution is -2.47. The van der Waals surface area contributed by atoms with Gasteiger partial charge in [-0.05, 0) is 43.4 Å². The van der Waals surface area contributed by atoms with Crippen LogP contribution >= 0.6 is 0 Å². The third-order valence-electron chi connectivity index (χ3n) is 3.51. The Balaban J connectivity index is 2.79. The highest BCUT2D eigenvalue weighted by Gasteiger charge is 2.30. The van der Waals surface area contributed by atoms with Crippen molar-refractivity contribution in [1.82, 2.24) is 5.32 Å². The van der Waals surface area contributed by atoms with Crippen molar-refractivity contribution in [1.29, 1.82) is 0 Å². The Kier molecular flexibility index (Phi) is 5.54. The summed E-state index contributed by atoms with van der Waals surface area (Å²) in [5, 5.41) is 23.4. The number of benzene rings is 1. The van der Waals surface area contributed by atoms with Crippen LogP contribution in [0.5, 0.6) is 0 Å². The minimum absolute atomic E-state index is 0.379. The second kappa shape index (κ2) is 6.79. The normalized spacial score (nSPS) is 13.6. The molecule has 4 N–H and O–H groups in total. The number of rotatable bonds is 5. The summed E-state index contributed by atoms with van der Waals surface area (Å²) in [7, 11) is 0. The average Bonchev–Trinajstić information content (AvgIpc) is 2.40. The number of aliphatic hydroxyl groups is 1. The molecule has 0 saturated heterocycles. The standard InChI is InChI=1S/C16H24N2O4/c1-9(2)12-6-10(3)13(11(4)7-12)18-15(21)17-8-16(5,22)14(19)20/h6-7,9,22H,8H2,1-5H3,(H,19,20)(H2,17,18,21). The van der Waals surface area contributed by atoms with Crippen molar-refractivity contribution in [3.05, 3.63) is 28.8 Å². The number of hydrogen-bond acceptors (Lipinski definition) is 3. The smallest absolute Gasteiger partial charge is 0.337 e. The van der Waals surface area contributed by atoms with E-state index in [4.69, 9.17) is 5.11 Å². The zero-order chi connectivity index (χ0) is 17.1. The van der Waals surface area contributed by atoms with Gasteiger partial charge < -0.3 is 20.8 Å². The second-order valence-corrected chi connectivity index (χ2v) is 6.07. The van der Waals surface area contributed by atoms with Crippen molar-refractivity contribution in [2.75, 3.05) is 11.9 Å². The number of carboxylic acids is 1. The number of aliphatic carboxylic acids is 1. The molecule has 0 fully saturated rings. The molecular formula is C16H24N2O4.